The molecule has 0 bridgehead atoms. The third-order valence-corrected chi connectivity index (χ3v) is 5.97. The Morgan fingerprint density at radius 2 is 1.64 bits per heavy atom. The quantitative estimate of drug-likeness (QED) is 0.473. The van der Waals surface area contributed by atoms with Gasteiger partial charge in [0.25, 0.3) is 5.91 Å². The van der Waals surface area contributed by atoms with Crippen molar-refractivity contribution in [1.82, 2.24) is 24.5 Å². The molecule has 168 valence electrons. The molecule has 0 radical (unpaired) electrons. The number of carbonyl (C=O) groups is 2. The normalized spacial score (nSPS) is 14.1. The Kier molecular flexibility index (Phi) is 5.64. The summed E-state index contributed by atoms with van der Waals surface area (Å²) in [5.41, 5.74) is 3.65. The summed E-state index contributed by atoms with van der Waals surface area (Å²) < 4.78 is 7.21. The fourth-order valence-corrected chi connectivity index (χ4v) is 4.26. The number of hydrogen-bond acceptors (Lipinski definition) is 5. The molecule has 8 heteroatoms. The molecule has 0 atom stereocenters. The van der Waals surface area contributed by atoms with E-state index in [1.807, 2.05) is 59.5 Å². The van der Waals surface area contributed by atoms with Gasteiger partial charge in [-0.2, -0.15) is 0 Å². The average molecular weight is 444 g/mol. The topological polar surface area (TPSA) is 84.5 Å². The summed E-state index contributed by atoms with van der Waals surface area (Å²) in [6.45, 7) is 3.75. The summed E-state index contributed by atoms with van der Waals surface area (Å²) in [4.78, 5) is 33.8. The van der Waals surface area contributed by atoms with Crippen molar-refractivity contribution < 1.29 is 14.1 Å². The van der Waals surface area contributed by atoms with Gasteiger partial charge in [-0.05, 0) is 31.2 Å². The molecule has 33 heavy (non-hydrogen) atoms. The molecule has 0 unspecified atom stereocenters. The number of para-hydroxylation sites is 3. The maximum Gasteiger partial charge on any atom is 0.292 e. The van der Waals surface area contributed by atoms with E-state index in [1.165, 1.54) is 0 Å². The van der Waals surface area contributed by atoms with Gasteiger partial charge in [0.2, 0.25) is 11.7 Å². The van der Waals surface area contributed by atoms with Crippen molar-refractivity contribution in [3.63, 3.8) is 0 Å². The molecular formula is C25H25N5O3. The van der Waals surface area contributed by atoms with E-state index in [0.29, 0.717) is 44.7 Å². The van der Waals surface area contributed by atoms with E-state index in [4.69, 9.17) is 9.51 Å². The standard InChI is InChI=1S/C25H25N5O3/c1-18-17-22(33-27-18)25(32)29-15-13-28(14-16-29)24(31)12-11-23-26-20-9-5-6-10-21(20)30(23)19-7-3-2-4-8-19/h2-10,17H,11-16H2,1H3. The lowest BCUT2D eigenvalue weighted by Crippen LogP contribution is -2.50. The zero-order valence-corrected chi connectivity index (χ0v) is 18.5. The van der Waals surface area contributed by atoms with Gasteiger partial charge in [0.05, 0.1) is 16.7 Å². The van der Waals surface area contributed by atoms with Crippen molar-refractivity contribution in [3.05, 3.63) is 77.9 Å². The summed E-state index contributed by atoms with van der Waals surface area (Å²) in [7, 11) is 0. The number of imidazole rings is 1. The first-order chi connectivity index (χ1) is 16.1. The lowest BCUT2D eigenvalue weighted by Gasteiger charge is -2.34. The Hall–Kier alpha value is -3.94. The highest BCUT2D eigenvalue weighted by Crippen LogP contribution is 2.22. The molecule has 1 aliphatic heterocycles. The second kappa shape index (κ2) is 8.90. The molecule has 1 aliphatic rings. The number of aryl methyl sites for hydroxylation is 2. The minimum Gasteiger partial charge on any atom is -0.351 e. The van der Waals surface area contributed by atoms with Gasteiger partial charge in [-0.15, -0.1) is 0 Å². The highest BCUT2D eigenvalue weighted by atomic mass is 16.5. The molecule has 2 aromatic heterocycles. The van der Waals surface area contributed by atoms with Gasteiger partial charge in [0.1, 0.15) is 5.82 Å². The summed E-state index contributed by atoms with van der Waals surface area (Å²) in [6.07, 6.45) is 0.907. The number of carbonyl (C=O) groups excluding carboxylic acids is 2. The van der Waals surface area contributed by atoms with Crippen molar-refractivity contribution in [2.75, 3.05) is 26.2 Å². The zero-order valence-electron chi connectivity index (χ0n) is 18.5. The molecule has 4 aromatic rings. The number of fused-ring (bicyclic) bond motifs is 1. The van der Waals surface area contributed by atoms with Crippen LogP contribution in [0, 0.1) is 6.92 Å². The van der Waals surface area contributed by atoms with E-state index in [1.54, 1.807) is 17.9 Å². The van der Waals surface area contributed by atoms with Crippen LogP contribution in [0.1, 0.15) is 28.5 Å². The smallest absolute Gasteiger partial charge is 0.292 e. The largest absolute Gasteiger partial charge is 0.351 e. The van der Waals surface area contributed by atoms with Crippen LogP contribution in [-0.4, -0.2) is 62.5 Å². The van der Waals surface area contributed by atoms with Gasteiger partial charge in [-0.25, -0.2) is 4.98 Å². The summed E-state index contributed by atoms with van der Waals surface area (Å²) >= 11 is 0. The van der Waals surface area contributed by atoms with Gasteiger partial charge < -0.3 is 14.3 Å². The lowest BCUT2D eigenvalue weighted by molar-refractivity contribution is -0.132. The molecule has 1 saturated heterocycles. The van der Waals surface area contributed by atoms with Crippen molar-refractivity contribution in [3.8, 4) is 5.69 Å². The highest BCUT2D eigenvalue weighted by molar-refractivity contribution is 5.91. The predicted molar refractivity (Wildman–Crippen MR) is 123 cm³/mol. The molecule has 8 nitrogen and oxygen atoms in total. The lowest BCUT2D eigenvalue weighted by atomic mass is 10.2. The van der Waals surface area contributed by atoms with Crippen LogP contribution in [0.4, 0.5) is 0 Å². The van der Waals surface area contributed by atoms with Crippen LogP contribution in [0.2, 0.25) is 0 Å². The first-order valence-electron chi connectivity index (χ1n) is 11.1. The van der Waals surface area contributed by atoms with Crippen LogP contribution in [0.15, 0.2) is 65.2 Å². The SMILES string of the molecule is Cc1cc(C(=O)N2CCN(C(=O)CCc3nc4ccccc4n3-c3ccccc3)CC2)on1. The van der Waals surface area contributed by atoms with Gasteiger partial charge in [-0.1, -0.05) is 35.5 Å². The third kappa shape index (κ3) is 4.24. The number of nitrogens with zero attached hydrogens (tertiary/aromatic N) is 5. The van der Waals surface area contributed by atoms with E-state index in [2.05, 4.69) is 9.72 Å². The molecule has 5 rings (SSSR count). The predicted octanol–water partition coefficient (Wildman–Crippen LogP) is 3.24. The van der Waals surface area contributed by atoms with Crippen molar-refractivity contribution in [1.29, 1.82) is 0 Å². The van der Waals surface area contributed by atoms with E-state index in [-0.39, 0.29) is 17.6 Å². The fourth-order valence-electron chi connectivity index (χ4n) is 4.26. The van der Waals surface area contributed by atoms with Gasteiger partial charge in [0.15, 0.2) is 0 Å². The minimum absolute atomic E-state index is 0.0734. The Balaban J connectivity index is 1.24. The van der Waals surface area contributed by atoms with Crippen LogP contribution in [0.5, 0.6) is 0 Å². The number of hydrogen-bond donors (Lipinski definition) is 0. The number of benzene rings is 2. The van der Waals surface area contributed by atoms with Crippen LogP contribution in [0.3, 0.4) is 0 Å². The van der Waals surface area contributed by atoms with Crippen LogP contribution >= 0.6 is 0 Å². The van der Waals surface area contributed by atoms with Crippen molar-refractivity contribution in [2.45, 2.75) is 19.8 Å². The maximum absolute atomic E-state index is 12.9. The monoisotopic (exact) mass is 443 g/mol. The molecule has 2 aromatic carbocycles. The van der Waals surface area contributed by atoms with Crippen molar-refractivity contribution >= 4 is 22.8 Å². The Morgan fingerprint density at radius 3 is 2.36 bits per heavy atom. The zero-order chi connectivity index (χ0) is 22.8. The molecule has 3 heterocycles. The number of aromatic nitrogens is 3. The second-order valence-electron chi connectivity index (χ2n) is 8.19. The fraction of sp³-hybridized carbons (Fsp3) is 0.280. The van der Waals surface area contributed by atoms with Gasteiger partial charge in [-0.3, -0.25) is 14.2 Å². The summed E-state index contributed by atoms with van der Waals surface area (Å²) in [5.74, 6) is 1.00. The Morgan fingerprint density at radius 1 is 0.939 bits per heavy atom. The van der Waals surface area contributed by atoms with Gasteiger partial charge in [0, 0.05) is 50.8 Å². The minimum atomic E-state index is -0.181. The van der Waals surface area contributed by atoms with Crippen molar-refractivity contribution in [2.24, 2.45) is 0 Å². The third-order valence-electron chi connectivity index (χ3n) is 5.97. The molecule has 0 aliphatic carbocycles. The van der Waals surface area contributed by atoms with Crippen LogP contribution in [0.25, 0.3) is 16.7 Å². The van der Waals surface area contributed by atoms with E-state index in [0.717, 1.165) is 22.5 Å². The summed E-state index contributed by atoms with van der Waals surface area (Å²) in [6, 6.07) is 19.7. The van der Waals surface area contributed by atoms with E-state index >= 15 is 0 Å². The number of amides is 2. The number of piperazine rings is 1. The van der Waals surface area contributed by atoms with Gasteiger partial charge >= 0.3 is 0 Å². The average Bonchev–Trinajstić information content (AvgIpc) is 3.46. The molecule has 0 saturated carbocycles. The number of rotatable bonds is 5. The van der Waals surface area contributed by atoms with E-state index < -0.39 is 0 Å². The summed E-state index contributed by atoms with van der Waals surface area (Å²) in [5, 5.41) is 3.78. The first kappa shape index (κ1) is 20.9. The first-order valence-corrected chi connectivity index (χ1v) is 11.1. The Bertz CT molecular complexity index is 1290. The van der Waals surface area contributed by atoms with Crippen LogP contribution < -0.4 is 0 Å². The molecule has 0 N–H and O–H groups in total. The molecule has 2 amide bonds. The van der Waals surface area contributed by atoms with Crippen LogP contribution in [-0.2, 0) is 11.2 Å². The highest BCUT2D eigenvalue weighted by Gasteiger charge is 2.27. The van der Waals surface area contributed by atoms with E-state index in [9.17, 15) is 9.59 Å². The molecule has 1 fully saturated rings. The molecule has 0 spiro atoms. The maximum atomic E-state index is 12.9. The Labute approximate surface area is 191 Å². The second-order valence-corrected chi connectivity index (χ2v) is 8.19. The molecular weight excluding hydrogens is 418 g/mol.